The Kier molecular flexibility index (Phi) is 5.12. The molecule has 1 aromatic carbocycles. The van der Waals surface area contributed by atoms with Crippen molar-refractivity contribution in [1.29, 1.82) is 0 Å². The van der Waals surface area contributed by atoms with Crippen molar-refractivity contribution in [2.75, 3.05) is 13.6 Å². The molecule has 0 saturated heterocycles. The number of benzene rings is 1. The van der Waals surface area contributed by atoms with Crippen LogP contribution in [0, 0.1) is 20.8 Å². The summed E-state index contributed by atoms with van der Waals surface area (Å²) < 4.78 is 0. The molecule has 1 aromatic rings. The highest BCUT2D eigenvalue weighted by molar-refractivity contribution is 5.38. The van der Waals surface area contributed by atoms with E-state index in [4.69, 9.17) is 0 Å². The molecule has 0 aliphatic carbocycles. The molecule has 3 nitrogen and oxygen atoms in total. The topological polar surface area (TPSA) is 52.5 Å². The first-order valence-electron chi connectivity index (χ1n) is 6.05. The molecule has 2 unspecified atom stereocenters. The van der Waals surface area contributed by atoms with Crippen LogP contribution in [0.15, 0.2) is 12.1 Å². The van der Waals surface area contributed by atoms with Crippen molar-refractivity contribution >= 4 is 0 Å². The molecule has 2 atom stereocenters. The van der Waals surface area contributed by atoms with Gasteiger partial charge >= 0.3 is 0 Å². The number of aryl methyl sites for hydroxylation is 3. The van der Waals surface area contributed by atoms with Crippen LogP contribution in [0.25, 0.3) is 0 Å². The Hall–Kier alpha value is -0.900. The van der Waals surface area contributed by atoms with Crippen molar-refractivity contribution in [3.05, 3.63) is 34.4 Å². The molecule has 0 aromatic heterocycles. The summed E-state index contributed by atoms with van der Waals surface area (Å²) in [6, 6.07) is 4.02. The maximum atomic E-state index is 10.1. The number of aliphatic hydroxyl groups excluding tert-OH is 2. The average molecular weight is 237 g/mol. The molecule has 0 fully saturated rings. The number of hydrogen-bond donors (Lipinski definition) is 3. The van der Waals surface area contributed by atoms with Gasteiger partial charge in [0.15, 0.2) is 0 Å². The van der Waals surface area contributed by atoms with E-state index in [0.29, 0.717) is 13.0 Å². The zero-order chi connectivity index (χ0) is 13.0. The zero-order valence-electron chi connectivity index (χ0n) is 11.1. The molecule has 0 saturated carbocycles. The van der Waals surface area contributed by atoms with Crippen molar-refractivity contribution in [1.82, 2.24) is 5.32 Å². The average Bonchev–Trinajstić information content (AvgIpc) is 2.29. The van der Waals surface area contributed by atoms with Crippen molar-refractivity contribution in [2.24, 2.45) is 0 Å². The minimum absolute atomic E-state index is 0.546. The van der Waals surface area contributed by atoms with E-state index in [1.165, 1.54) is 5.56 Å². The first-order chi connectivity index (χ1) is 7.97. The van der Waals surface area contributed by atoms with E-state index < -0.39 is 12.2 Å². The summed E-state index contributed by atoms with van der Waals surface area (Å²) >= 11 is 0. The van der Waals surface area contributed by atoms with Gasteiger partial charge in [0.05, 0.1) is 6.10 Å². The van der Waals surface area contributed by atoms with Crippen LogP contribution in [0.3, 0.4) is 0 Å². The van der Waals surface area contributed by atoms with Crippen LogP contribution in [0.2, 0.25) is 0 Å². The normalized spacial score (nSPS) is 14.7. The van der Waals surface area contributed by atoms with Crippen LogP contribution in [-0.4, -0.2) is 29.9 Å². The van der Waals surface area contributed by atoms with Crippen molar-refractivity contribution in [3.8, 4) is 0 Å². The summed E-state index contributed by atoms with van der Waals surface area (Å²) in [5.41, 5.74) is 4.22. The van der Waals surface area contributed by atoms with Crippen LogP contribution >= 0.6 is 0 Å². The van der Waals surface area contributed by atoms with Crippen LogP contribution in [-0.2, 0) is 0 Å². The fraction of sp³-hybridized carbons (Fsp3) is 0.571. The van der Waals surface area contributed by atoms with Gasteiger partial charge in [0.1, 0.15) is 6.10 Å². The third-order valence-corrected chi connectivity index (χ3v) is 3.26. The Balaban J connectivity index is 2.88. The van der Waals surface area contributed by atoms with Crippen molar-refractivity contribution < 1.29 is 10.2 Å². The third kappa shape index (κ3) is 3.53. The van der Waals surface area contributed by atoms with Crippen LogP contribution in [0.4, 0.5) is 0 Å². The molecule has 96 valence electrons. The summed E-state index contributed by atoms with van der Waals surface area (Å²) in [7, 11) is 1.83. The Labute approximate surface area is 103 Å². The Bertz CT molecular complexity index is 377. The first kappa shape index (κ1) is 14.2. The molecule has 1 rings (SSSR count). The predicted molar refractivity (Wildman–Crippen MR) is 70.2 cm³/mol. The van der Waals surface area contributed by atoms with E-state index in [1.807, 2.05) is 27.0 Å². The molecular weight excluding hydrogens is 214 g/mol. The van der Waals surface area contributed by atoms with E-state index in [-0.39, 0.29) is 0 Å². The smallest absolute Gasteiger partial charge is 0.105 e. The van der Waals surface area contributed by atoms with Gasteiger partial charge in [0.2, 0.25) is 0 Å². The largest absolute Gasteiger partial charge is 0.390 e. The van der Waals surface area contributed by atoms with Gasteiger partial charge < -0.3 is 15.5 Å². The molecule has 0 heterocycles. The molecule has 0 radical (unpaired) electrons. The summed E-state index contributed by atoms with van der Waals surface area (Å²) in [5.74, 6) is 0. The van der Waals surface area contributed by atoms with Gasteiger partial charge in [0.25, 0.3) is 0 Å². The summed E-state index contributed by atoms with van der Waals surface area (Å²) in [6.45, 7) is 6.73. The highest BCUT2D eigenvalue weighted by Crippen LogP contribution is 2.25. The fourth-order valence-corrected chi connectivity index (χ4v) is 1.96. The van der Waals surface area contributed by atoms with Crippen LogP contribution in [0.1, 0.15) is 34.8 Å². The lowest BCUT2D eigenvalue weighted by Gasteiger charge is -2.21. The van der Waals surface area contributed by atoms with Crippen LogP contribution < -0.4 is 5.32 Å². The molecule has 3 N–H and O–H groups in total. The van der Waals surface area contributed by atoms with E-state index in [2.05, 4.69) is 18.3 Å². The molecule has 0 spiro atoms. The van der Waals surface area contributed by atoms with Crippen LogP contribution in [0.5, 0.6) is 0 Å². The van der Waals surface area contributed by atoms with E-state index in [1.54, 1.807) is 0 Å². The van der Waals surface area contributed by atoms with Gasteiger partial charge in [0, 0.05) is 0 Å². The highest BCUT2D eigenvalue weighted by Gasteiger charge is 2.20. The highest BCUT2D eigenvalue weighted by atomic mass is 16.3. The van der Waals surface area contributed by atoms with Gasteiger partial charge in [-0.2, -0.15) is 0 Å². The van der Waals surface area contributed by atoms with E-state index in [9.17, 15) is 10.2 Å². The second-order valence-corrected chi connectivity index (χ2v) is 4.70. The van der Waals surface area contributed by atoms with Gasteiger partial charge in [-0.05, 0) is 63.0 Å². The number of aliphatic hydroxyl groups is 2. The number of rotatable bonds is 5. The molecule has 0 amide bonds. The van der Waals surface area contributed by atoms with E-state index in [0.717, 1.165) is 16.7 Å². The minimum atomic E-state index is -0.803. The maximum Gasteiger partial charge on any atom is 0.105 e. The van der Waals surface area contributed by atoms with Crippen molar-refractivity contribution in [3.63, 3.8) is 0 Å². The zero-order valence-corrected chi connectivity index (χ0v) is 11.1. The Morgan fingerprint density at radius 3 is 2.24 bits per heavy atom. The minimum Gasteiger partial charge on any atom is -0.390 e. The Morgan fingerprint density at radius 2 is 1.65 bits per heavy atom. The van der Waals surface area contributed by atoms with Crippen molar-refractivity contribution in [2.45, 2.75) is 39.4 Å². The predicted octanol–water partition coefficient (Wildman–Crippen LogP) is 1.62. The van der Waals surface area contributed by atoms with Gasteiger partial charge in [-0.25, -0.2) is 0 Å². The SMILES string of the molecule is CNCCC(O)C(O)c1cc(C)c(C)cc1C. The molecule has 3 heteroatoms. The second-order valence-electron chi connectivity index (χ2n) is 4.70. The monoisotopic (exact) mass is 237 g/mol. The molecular formula is C14H23NO2. The van der Waals surface area contributed by atoms with Gasteiger partial charge in [-0.1, -0.05) is 12.1 Å². The summed E-state index contributed by atoms with van der Waals surface area (Å²) in [4.78, 5) is 0. The maximum absolute atomic E-state index is 10.1. The lowest BCUT2D eigenvalue weighted by molar-refractivity contribution is 0.0136. The third-order valence-electron chi connectivity index (χ3n) is 3.26. The van der Waals surface area contributed by atoms with E-state index >= 15 is 0 Å². The lowest BCUT2D eigenvalue weighted by Crippen LogP contribution is -2.24. The Morgan fingerprint density at radius 1 is 1.06 bits per heavy atom. The first-order valence-corrected chi connectivity index (χ1v) is 6.05. The summed E-state index contributed by atoms with van der Waals surface area (Å²) in [5, 5.41) is 23.0. The quantitative estimate of drug-likeness (QED) is 0.729. The lowest BCUT2D eigenvalue weighted by atomic mass is 9.94. The van der Waals surface area contributed by atoms with Gasteiger partial charge in [-0.3, -0.25) is 0 Å². The van der Waals surface area contributed by atoms with Gasteiger partial charge in [-0.15, -0.1) is 0 Å². The number of nitrogens with one attached hydrogen (secondary N) is 1. The molecule has 0 bridgehead atoms. The number of hydrogen-bond acceptors (Lipinski definition) is 3. The molecule has 0 aliphatic rings. The summed E-state index contributed by atoms with van der Waals surface area (Å²) in [6.07, 6.45) is -0.977. The molecule has 0 aliphatic heterocycles. The standard InChI is InChI=1S/C14H23NO2/c1-9-7-11(3)12(8-10(9)2)14(17)13(16)5-6-15-4/h7-8,13-17H,5-6H2,1-4H3. The molecule has 17 heavy (non-hydrogen) atoms. The second kappa shape index (κ2) is 6.15. The fourth-order valence-electron chi connectivity index (χ4n) is 1.96.